The number of halogens is 1. The maximum atomic E-state index is 12.2. The lowest BCUT2D eigenvalue weighted by Gasteiger charge is -2.05. The minimum Gasteiger partial charge on any atom is -0.321 e. The first-order chi connectivity index (χ1) is 9.45. The Labute approximate surface area is 127 Å². The Morgan fingerprint density at radius 3 is 2.60 bits per heavy atom. The summed E-state index contributed by atoms with van der Waals surface area (Å²) in [6.07, 6.45) is 0. The van der Waals surface area contributed by atoms with Gasteiger partial charge < -0.3 is 10.2 Å². The van der Waals surface area contributed by atoms with Gasteiger partial charge >= 0.3 is 0 Å². The van der Waals surface area contributed by atoms with Crippen LogP contribution in [0, 0.1) is 6.92 Å². The third-order valence-electron chi connectivity index (χ3n) is 2.60. The van der Waals surface area contributed by atoms with Crippen LogP contribution in [-0.2, 0) is 6.54 Å². The number of nitrogens with zero attached hydrogens (tertiary/aromatic N) is 2. The first kappa shape index (κ1) is 15.0. The predicted octanol–water partition coefficient (Wildman–Crippen LogP) is 3.42. The number of carbonyl (C=O) groups is 1. The molecule has 106 valence electrons. The number of nitrogens with one attached hydrogen (secondary N) is 1. The monoisotopic (exact) mass is 309 g/mol. The van der Waals surface area contributed by atoms with Gasteiger partial charge in [-0.1, -0.05) is 11.6 Å². The molecule has 0 bridgehead atoms. The number of carbonyl (C=O) groups excluding carboxylic acids is 1. The third kappa shape index (κ3) is 3.79. The molecule has 0 atom stereocenters. The molecule has 0 fully saturated rings. The summed E-state index contributed by atoms with van der Waals surface area (Å²) < 4.78 is 0. The van der Waals surface area contributed by atoms with E-state index in [0.29, 0.717) is 9.90 Å². The molecule has 2 rings (SSSR count). The summed E-state index contributed by atoms with van der Waals surface area (Å²) in [4.78, 5) is 19.3. The Morgan fingerprint density at radius 1 is 1.35 bits per heavy atom. The van der Waals surface area contributed by atoms with Gasteiger partial charge in [-0.2, -0.15) is 0 Å². The molecule has 0 radical (unpaired) electrons. The average Bonchev–Trinajstić information content (AvgIpc) is 2.72. The molecular weight excluding hydrogens is 294 g/mol. The van der Waals surface area contributed by atoms with Crippen LogP contribution in [0.15, 0.2) is 24.3 Å². The number of aromatic nitrogens is 1. The zero-order valence-electron chi connectivity index (χ0n) is 11.6. The molecule has 1 aromatic carbocycles. The van der Waals surface area contributed by atoms with E-state index in [1.54, 1.807) is 24.3 Å². The molecule has 1 amide bonds. The number of amides is 1. The van der Waals surface area contributed by atoms with Gasteiger partial charge in [-0.3, -0.25) is 4.79 Å². The van der Waals surface area contributed by atoms with Crippen molar-refractivity contribution in [1.82, 2.24) is 9.88 Å². The van der Waals surface area contributed by atoms with E-state index < -0.39 is 0 Å². The van der Waals surface area contributed by atoms with Crippen molar-refractivity contribution in [3.8, 4) is 0 Å². The van der Waals surface area contributed by atoms with Gasteiger partial charge in [0.2, 0.25) is 0 Å². The molecule has 1 aromatic heterocycles. The second-order valence-corrected chi connectivity index (χ2v) is 6.24. The highest BCUT2D eigenvalue weighted by Crippen LogP contribution is 2.21. The van der Waals surface area contributed by atoms with Crippen molar-refractivity contribution in [2.45, 2.75) is 13.5 Å². The molecule has 0 aliphatic rings. The second kappa shape index (κ2) is 6.35. The first-order valence-electron chi connectivity index (χ1n) is 6.13. The highest BCUT2D eigenvalue weighted by atomic mass is 35.5. The molecule has 0 unspecified atom stereocenters. The second-order valence-electron chi connectivity index (χ2n) is 4.72. The van der Waals surface area contributed by atoms with Crippen molar-refractivity contribution >= 4 is 34.5 Å². The molecule has 0 spiro atoms. The van der Waals surface area contributed by atoms with Crippen LogP contribution in [0.5, 0.6) is 0 Å². The Balaban J connectivity index is 2.12. The lowest BCUT2D eigenvalue weighted by atomic mass is 10.3. The van der Waals surface area contributed by atoms with E-state index in [-0.39, 0.29) is 5.91 Å². The SMILES string of the molecule is Cc1nc(CN(C)C)sc1C(=O)Nc1ccc(Cl)cc1. The standard InChI is InChI=1S/C14H16ClN3OS/c1-9-13(20-12(16-9)8-18(2)3)14(19)17-11-6-4-10(15)5-7-11/h4-7H,8H2,1-3H3,(H,17,19). The smallest absolute Gasteiger partial charge is 0.267 e. The molecule has 0 saturated carbocycles. The molecule has 6 heteroatoms. The summed E-state index contributed by atoms with van der Waals surface area (Å²) in [7, 11) is 3.95. The zero-order chi connectivity index (χ0) is 14.7. The van der Waals surface area contributed by atoms with E-state index in [2.05, 4.69) is 10.3 Å². The normalized spacial score (nSPS) is 10.8. The van der Waals surface area contributed by atoms with Crippen molar-refractivity contribution in [1.29, 1.82) is 0 Å². The van der Waals surface area contributed by atoms with Crippen LogP contribution in [-0.4, -0.2) is 29.9 Å². The fourth-order valence-electron chi connectivity index (χ4n) is 1.72. The van der Waals surface area contributed by atoms with E-state index in [0.717, 1.165) is 22.9 Å². The van der Waals surface area contributed by atoms with Crippen LogP contribution in [0.25, 0.3) is 0 Å². The summed E-state index contributed by atoms with van der Waals surface area (Å²) in [6.45, 7) is 2.59. The van der Waals surface area contributed by atoms with Crippen LogP contribution in [0.1, 0.15) is 20.4 Å². The predicted molar refractivity (Wildman–Crippen MR) is 83.6 cm³/mol. The number of hydrogen-bond donors (Lipinski definition) is 1. The van der Waals surface area contributed by atoms with E-state index in [9.17, 15) is 4.79 Å². The highest BCUT2D eigenvalue weighted by molar-refractivity contribution is 7.13. The quantitative estimate of drug-likeness (QED) is 0.941. The van der Waals surface area contributed by atoms with Crippen LogP contribution >= 0.6 is 22.9 Å². The average molecular weight is 310 g/mol. The Kier molecular flexibility index (Phi) is 4.75. The summed E-state index contributed by atoms with van der Waals surface area (Å²) in [6, 6.07) is 7.04. The fourth-order valence-corrected chi connectivity index (χ4v) is 2.93. The largest absolute Gasteiger partial charge is 0.321 e. The van der Waals surface area contributed by atoms with Crippen LogP contribution in [0.3, 0.4) is 0 Å². The van der Waals surface area contributed by atoms with Crippen molar-refractivity contribution < 1.29 is 4.79 Å². The molecule has 1 heterocycles. The maximum absolute atomic E-state index is 12.2. The Bertz CT molecular complexity index is 607. The molecule has 0 aliphatic carbocycles. The van der Waals surface area contributed by atoms with Gasteiger partial charge in [-0.15, -0.1) is 11.3 Å². The number of thiazole rings is 1. The molecule has 0 saturated heterocycles. The van der Waals surface area contributed by atoms with Crippen LogP contribution in [0.2, 0.25) is 5.02 Å². The minimum absolute atomic E-state index is 0.132. The summed E-state index contributed by atoms with van der Waals surface area (Å²) >= 11 is 7.24. The maximum Gasteiger partial charge on any atom is 0.267 e. The summed E-state index contributed by atoms with van der Waals surface area (Å²) in [5.41, 5.74) is 1.49. The first-order valence-corrected chi connectivity index (χ1v) is 7.33. The minimum atomic E-state index is -0.132. The van der Waals surface area contributed by atoms with E-state index in [1.165, 1.54) is 11.3 Å². The van der Waals surface area contributed by atoms with Gasteiger partial charge in [0, 0.05) is 17.3 Å². The van der Waals surface area contributed by atoms with E-state index >= 15 is 0 Å². The number of hydrogen-bond acceptors (Lipinski definition) is 4. The van der Waals surface area contributed by atoms with Gasteiger partial charge in [0.05, 0.1) is 5.69 Å². The Hall–Kier alpha value is -1.43. The molecule has 20 heavy (non-hydrogen) atoms. The van der Waals surface area contributed by atoms with Gasteiger partial charge in [-0.25, -0.2) is 4.98 Å². The van der Waals surface area contributed by atoms with Gasteiger partial charge in [-0.05, 0) is 45.3 Å². The number of aryl methyl sites for hydroxylation is 1. The number of benzene rings is 1. The molecular formula is C14H16ClN3OS. The number of rotatable bonds is 4. The zero-order valence-corrected chi connectivity index (χ0v) is 13.2. The summed E-state index contributed by atoms with van der Waals surface area (Å²) in [5, 5.41) is 4.43. The molecule has 2 aromatic rings. The third-order valence-corrected chi connectivity index (χ3v) is 3.99. The van der Waals surface area contributed by atoms with Crippen molar-refractivity contribution in [2.24, 2.45) is 0 Å². The highest BCUT2D eigenvalue weighted by Gasteiger charge is 2.15. The lowest BCUT2D eigenvalue weighted by molar-refractivity contribution is 0.103. The van der Waals surface area contributed by atoms with Gasteiger partial charge in [0.15, 0.2) is 0 Å². The van der Waals surface area contributed by atoms with E-state index in [1.807, 2.05) is 25.9 Å². The van der Waals surface area contributed by atoms with Crippen molar-refractivity contribution in [2.75, 3.05) is 19.4 Å². The van der Waals surface area contributed by atoms with E-state index in [4.69, 9.17) is 11.6 Å². The number of anilines is 1. The van der Waals surface area contributed by atoms with Crippen molar-refractivity contribution in [3.05, 3.63) is 44.9 Å². The Morgan fingerprint density at radius 2 is 2.00 bits per heavy atom. The van der Waals surface area contributed by atoms with Crippen molar-refractivity contribution in [3.63, 3.8) is 0 Å². The fraction of sp³-hybridized carbons (Fsp3) is 0.286. The van der Waals surface area contributed by atoms with Gasteiger partial charge in [0.25, 0.3) is 5.91 Å². The van der Waals surface area contributed by atoms with Crippen LogP contribution < -0.4 is 5.32 Å². The molecule has 4 nitrogen and oxygen atoms in total. The van der Waals surface area contributed by atoms with Crippen LogP contribution in [0.4, 0.5) is 5.69 Å². The lowest BCUT2D eigenvalue weighted by Crippen LogP contribution is -2.11. The van der Waals surface area contributed by atoms with Gasteiger partial charge in [0.1, 0.15) is 9.88 Å². The summed E-state index contributed by atoms with van der Waals surface area (Å²) in [5.74, 6) is -0.132. The topological polar surface area (TPSA) is 45.2 Å². The molecule has 0 aliphatic heterocycles. The molecule has 1 N–H and O–H groups in total.